The van der Waals surface area contributed by atoms with Crippen LogP contribution in [0.15, 0.2) is 24.3 Å². The molecule has 0 unspecified atom stereocenters. The van der Waals surface area contributed by atoms with E-state index in [1.165, 1.54) is 32.1 Å². The van der Waals surface area contributed by atoms with Crippen LogP contribution < -0.4 is 15.4 Å². The van der Waals surface area contributed by atoms with E-state index >= 15 is 0 Å². The molecule has 0 aromatic heterocycles. The Kier molecular flexibility index (Phi) is 7.90. The van der Waals surface area contributed by atoms with Gasteiger partial charge in [0.05, 0.1) is 19.8 Å². The zero-order chi connectivity index (χ0) is 16.3. The molecule has 5 nitrogen and oxygen atoms in total. The first kappa shape index (κ1) is 17.8. The monoisotopic (exact) mass is 320 g/mol. The van der Waals surface area contributed by atoms with E-state index in [9.17, 15) is 4.79 Å². The van der Waals surface area contributed by atoms with E-state index in [4.69, 9.17) is 9.47 Å². The van der Waals surface area contributed by atoms with Gasteiger partial charge in [0.15, 0.2) is 0 Å². The predicted octanol–water partition coefficient (Wildman–Crippen LogP) is 2.82. The number of anilines is 1. The third-order valence-electron chi connectivity index (χ3n) is 4.12. The molecule has 1 aliphatic carbocycles. The highest BCUT2D eigenvalue weighted by atomic mass is 16.5. The van der Waals surface area contributed by atoms with Crippen molar-refractivity contribution in [2.75, 3.05) is 38.7 Å². The van der Waals surface area contributed by atoms with Crippen molar-refractivity contribution in [3.8, 4) is 5.75 Å². The lowest BCUT2D eigenvalue weighted by molar-refractivity contribution is -0.115. The first-order valence-corrected chi connectivity index (χ1v) is 8.50. The van der Waals surface area contributed by atoms with Crippen molar-refractivity contribution in [3.63, 3.8) is 0 Å². The molecule has 0 spiro atoms. The zero-order valence-corrected chi connectivity index (χ0v) is 14.0. The third kappa shape index (κ3) is 7.01. The van der Waals surface area contributed by atoms with Crippen LogP contribution in [0.25, 0.3) is 0 Å². The molecule has 128 valence electrons. The van der Waals surface area contributed by atoms with Crippen molar-refractivity contribution < 1.29 is 14.3 Å². The number of hydrogen-bond acceptors (Lipinski definition) is 4. The highest BCUT2D eigenvalue weighted by Gasteiger charge is 2.13. The lowest BCUT2D eigenvalue weighted by Gasteiger charge is -2.21. The molecule has 23 heavy (non-hydrogen) atoms. The van der Waals surface area contributed by atoms with Gasteiger partial charge in [0.2, 0.25) is 5.91 Å². The van der Waals surface area contributed by atoms with Crippen LogP contribution in [0.2, 0.25) is 0 Å². The fourth-order valence-corrected chi connectivity index (χ4v) is 2.78. The Bertz CT molecular complexity index is 456. The normalized spacial score (nSPS) is 15.3. The Labute approximate surface area is 138 Å². The Morgan fingerprint density at radius 1 is 1.17 bits per heavy atom. The van der Waals surface area contributed by atoms with E-state index < -0.39 is 0 Å². The lowest BCUT2D eigenvalue weighted by Crippen LogP contribution is -2.30. The number of amides is 1. The largest absolute Gasteiger partial charge is 0.493 e. The number of benzene rings is 1. The van der Waals surface area contributed by atoms with Gasteiger partial charge in [0.1, 0.15) is 5.75 Å². The maximum atomic E-state index is 11.7. The van der Waals surface area contributed by atoms with E-state index in [1.54, 1.807) is 7.11 Å². The molecule has 0 radical (unpaired) electrons. The van der Waals surface area contributed by atoms with Crippen LogP contribution in [0.4, 0.5) is 5.69 Å². The minimum Gasteiger partial charge on any atom is -0.493 e. The molecule has 0 bridgehead atoms. The highest BCUT2D eigenvalue weighted by Crippen LogP contribution is 2.25. The molecule has 1 aliphatic rings. The molecule has 2 rings (SSSR count). The van der Waals surface area contributed by atoms with E-state index in [2.05, 4.69) is 10.6 Å². The van der Waals surface area contributed by atoms with Crippen LogP contribution >= 0.6 is 0 Å². The molecule has 1 aromatic carbocycles. The lowest BCUT2D eigenvalue weighted by atomic mass is 9.90. The second kappa shape index (κ2) is 10.2. The molecule has 0 aliphatic heterocycles. The Morgan fingerprint density at radius 2 is 1.91 bits per heavy atom. The van der Waals surface area contributed by atoms with Crippen LogP contribution in [0.3, 0.4) is 0 Å². The van der Waals surface area contributed by atoms with Crippen molar-refractivity contribution in [2.24, 2.45) is 5.92 Å². The smallest absolute Gasteiger partial charge is 0.238 e. The van der Waals surface area contributed by atoms with Gasteiger partial charge in [-0.25, -0.2) is 0 Å². The van der Waals surface area contributed by atoms with Gasteiger partial charge in [0.25, 0.3) is 0 Å². The number of hydrogen-bond donors (Lipinski definition) is 2. The van der Waals surface area contributed by atoms with Gasteiger partial charge >= 0.3 is 0 Å². The summed E-state index contributed by atoms with van der Waals surface area (Å²) in [5.74, 6) is 1.50. The van der Waals surface area contributed by atoms with Crippen molar-refractivity contribution in [1.29, 1.82) is 0 Å². The van der Waals surface area contributed by atoms with Crippen LogP contribution in [-0.4, -0.2) is 39.3 Å². The molecule has 1 fully saturated rings. The number of carbonyl (C=O) groups is 1. The molecule has 2 N–H and O–H groups in total. The summed E-state index contributed by atoms with van der Waals surface area (Å²) < 4.78 is 10.8. The van der Waals surface area contributed by atoms with Gasteiger partial charge < -0.3 is 20.1 Å². The van der Waals surface area contributed by atoms with Crippen molar-refractivity contribution >= 4 is 11.6 Å². The fraction of sp³-hybridized carbons (Fsp3) is 0.611. The number of carbonyl (C=O) groups excluding carboxylic acids is 1. The number of nitrogens with one attached hydrogen (secondary N) is 2. The minimum absolute atomic E-state index is 0.0584. The number of methoxy groups -OCH3 is 1. The number of ether oxygens (including phenoxy) is 2. The van der Waals surface area contributed by atoms with Crippen LogP contribution in [0.5, 0.6) is 5.75 Å². The maximum Gasteiger partial charge on any atom is 0.238 e. The average molecular weight is 320 g/mol. The summed E-state index contributed by atoms with van der Waals surface area (Å²) >= 11 is 0. The van der Waals surface area contributed by atoms with Crippen molar-refractivity contribution in [3.05, 3.63) is 24.3 Å². The van der Waals surface area contributed by atoms with E-state index in [0.29, 0.717) is 19.1 Å². The first-order valence-electron chi connectivity index (χ1n) is 8.50. The second-order valence-electron chi connectivity index (χ2n) is 6.06. The summed E-state index contributed by atoms with van der Waals surface area (Å²) in [5.41, 5.74) is 0.786. The summed E-state index contributed by atoms with van der Waals surface area (Å²) in [5, 5.41) is 5.87. The van der Waals surface area contributed by atoms with Gasteiger partial charge in [0, 0.05) is 19.3 Å². The van der Waals surface area contributed by atoms with Crippen LogP contribution in [0.1, 0.15) is 32.1 Å². The topological polar surface area (TPSA) is 59.6 Å². The summed E-state index contributed by atoms with van der Waals surface area (Å²) in [7, 11) is 1.64. The second-order valence-corrected chi connectivity index (χ2v) is 6.06. The summed E-state index contributed by atoms with van der Waals surface area (Å²) in [6.07, 6.45) is 6.59. The standard InChI is InChI=1S/C18H28N2O3/c1-22-12-11-19-13-18(21)20-16-7-9-17(10-8-16)23-14-15-5-3-2-4-6-15/h7-10,15,19H,2-6,11-14H2,1H3,(H,20,21). The van der Waals surface area contributed by atoms with E-state index in [1.807, 2.05) is 24.3 Å². The quantitative estimate of drug-likeness (QED) is 0.687. The minimum atomic E-state index is -0.0584. The van der Waals surface area contributed by atoms with Gasteiger partial charge in [-0.2, -0.15) is 0 Å². The summed E-state index contributed by atoms with van der Waals surface area (Å²) in [6.45, 7) is 2.34. The molecule has 1 amide bonds. The summed E-state index contributed by atoms with van der Waals surface area (Å²) in [4.78, 5) is 11.7. The molecular formula is C18H28N2O3. The first-order chi connectivity index (χ1) is 11.3. The molecule has 1 aromatic rings. The fourth-order valence-electron chi connectivity index (χ4n) is 2.78. The summed E-state index contributed by atoms with van der Waals surface area (Å²) in [6, 6.07) is 7.58. The predicted molar refractivity (Wildman–Crippen MR) is 91.9 cm³/mol. The molecule has 5 heteroatoms. The van der Waals surface area contributed by atoms with Gasteiger partial charge in [-0.05, 0) is 43.0 Å². The Morgan fingerprint density at radius 3 is 2.61 bits per heavy atom. The zero-order valence-electron chi connectivity index (χ0n) is 14.0. The molecule has 1 saturated carbocycles. The van der Waals surface area contributed by atoms with Gasteiger partial charge in [-0.1, -0.05) is 19.3 Å². The third-order valence-corrected chi connectivity index (χ3v) is 4.12. The average Bonchev–Trinajstić information content (AvgIpc) is 2.59. The van der Waals surface area contributed by atoms with Gasteiger partial charge in [-0.3, -0.25) is 4.79 Å². The van der Waals surface area contributed by atoms with Crippen LogP contribution in [-0.2, 0) is 9.53 Å². The molecule has 0 saturated heterocycles. The van der Waals surface area contributed by atoms with Crippen molar-refractivity contribution in [1.82, 2.24) is 5.32 Å². The SMILES string of the molecule is COCCNCC(=O)Nc1ccc(OCC2CCCCC2)cc1. The Hall–Kier alpha value is -1.59. The molecule has 0 atom stereocenters. The number of rotatable bonds is 9. The van der Waals surface area contributed by atoms with E-state index in [-0.39, 0.29) is 12.5 Å². The maximum absolute atomic E-state index is 11.7. The molecule has 0 heterocycles. The van der Waals surface area contributed by atoms with E-state index in [0.717, 1.165) is 18.0 Å². The van der Waals surface area contributed by atoms with Gasteiger partial charge in [-0.15, -0.1) is 0 Å². The highest BCUT2D eigenvalue weighted by molar-refractivity contribution is 5.92. The molecular weight excluding hydrogens is 292 g/mol. The van der Waals surface area contributed by atoms with Crippen LogP contribution in [0, 0.1) is 5.92 Å². The Balaban J connectivity index is 1.68. The van der Waals surface area contributed by atoms with Crippen molar-refractivity contribution in [2.45, 2.75) is 32.1 Å².